The van der Waals surface area contributed by atoms with Gasteiger partial charge in [-0.2, -0.15) is 0 Å². The van der Waals surface area contributed by atoms with Crippen LogP contribution in [0.25, 0.3) is 5.76 Å². The van der Waals surface area contributed by atoms with Gasteiger partial charge in [-0.25, -0.2) is 4.39 Å². The molecule has 0 radical (unpaired) electrons. The number of ether oxygens (including phenoxy) is 2. The molecule has 3 aromatic rings. The van der Waals surface area contributed by atoms with Gasteiger partial charge < -0.3 is 14.6 Å². The molecule has 1 atom stereocenters. The first-order valence-electron chi connectivity index (χ1n) is 11.0. The monoisotopic (exact) mass is 495 g/mol. The molecule has 35 heavy (non-hydrogen) atoms. The Balaban J connectivity index is 1.89. The third kappa shape index (κ3) is 4.72. The van der Waals surface area contributed by atoms with E-state index in [0.29, 0.717) is 29.2 Å². The molecular formula is C27H23ClFNO5. The molecule has 1 heterocycles. The smallest absolute Gasteiger partial charge is 0.300 e. The predicted octanol–water partition coefficient (Wildman–Crippen LogP) is 5.90. The molecule has 180 valence electrons. The number of hydrogen-bond acceptors (Lipinski definition) is 5. The van der Waals surface area contributed by atoms with Gasteiger partial charge in [0.15, 0.2) is 0 Å². The fourth-order valence-corrected chi connectivity index (χ4v) is 4.12. The van der Waals surface area contributed by atoms with Gasteiger partial charge in [-0.15, -0.1) is 0 Å². The van der Waals surface area contributed by atoms with Crippen molar-refractivity contribution in [1.82, 2.24) is 0 Å². The summed E-state index contributed by atoms with van der Waals surface area (Å²) in [6.45, 7) is 2.47. The van der Waals surface area contributed by atoms with Gasteiger partial charge in [-0.1, -0.05) is 42.8 Å². The second kappa shape index (κ2) is 10.2. The minimum absolute atomic E-state index is 0.103. The Hall–Kier alpha value is -3.84. The van der Waals surface area contributed by atoms with E-state index in [1.54, 1.807) is 48.5 Å². The van der Waals surface area contributed by atoms with E-state index in [1.165, 1.54) is 24.1 Å². The lowest BCUT2D eigenvalue weighted by atomic mass is 9.95. The molecule has 3 aromatic carbocycles. The number of amides is 1. The molecule has 8 heteroatoms. The van der Waals surface area contributed by atoms with Crippen LogP contribution < -0.4 is 14.4 Å². The normalized spacial score (nSPS) is 17.0. The van der Waals surface area contributed by atoms with Crippen molar-refractivity contribution in [2.45, 2.75) is 19.4 Å². The summed E-state index contributed by atoms with van der Waals surface area (Å²) in [6.07, 6.45) is 0.805. The first-order chi connectivity index (χ1) is 16.8. The van der Waals surface area contributed by atoms with Crippen LogP contribution in [-0.2, 0) is 9.59 Å². The molecular weight excluding hydrogens is 473 g/mol. The fourth-order valence-electron chi connectivity index (χ4n) is 3.94. The van der Waals surface area contributed by atoms with E-state index in [1.807, 2.05) is 6.92 Å². The second-order valence-corrected chi connectivity index (χ2v) is 8.32. The molecule has 6 nitrogen and oxygen atoms in total. The average molecular weight is 496 g/mol. The summed E-state index contributed by atoms with van der Waals surface area (Å²) in [5.41, 5.74) is 0.990. The van der Waals surface area contributed by atoms with Gasteiger partial charge in [0.05, 0.1) is 30.4 Å². The number of rotatable bonds is 7. The molecule has 1 fully saturated rings. The standard InChI is InChI=1S/C27H23ClFNO5/c1-3-13-35-20-6-4-5-17(14-20)25(31)23-24(16-7-10-19(34-2)11-8-16)30(27(33)26(23)32)18-9-12-22(29)21(28)15-18/h4-12,14-15,24,31H,3,13H2,1-2H3/b25-23+. The minimum Gasteiger partial charge on any atom is -0.507 e. The maximum atomic E-state index is 13.8. The summed E-state index contributed by atoms with van der Waals surface area (Å²) >= 11 is 5.97. The van der Waals surface area contributed by atoms with Crippen molar-refractivity contribution in [2.24, 2.45) is 0 Å². The number of Topliss-reactive ketones (excluding diaryl/α,β-unsaturated/α-hetero) is 1. The van der Waals surface area contributed by atoms with Crippen LogP contribution in [0.5, 0.6) is 11.5 Å². The van der Waals surface area contributed by atoms with Gasteiger partial charge in [0.2, 0.25) is 0 Å². The van der Waals surface area contributed by atoms with Gasteiger partial charge in [0.1, 0.15) is 23.1 Å². The van der Waals surface area contributed by atoms with Crippen LogP contribution >= 0.6 is 11.6 Å². The van der Waals surface area contributed by atoms with E-state index >= 15 is 0 Å². The topological polar surface area (TPSA) is 76.1 Å². The van der Waals surface area contributed by atoms with Crippen LogP contribution in [0.3, 0.4) is 0 Å². The van der Waals surface area contributed by atoms with E-state index in [0.717, 1.165) is 12.5 Å². The summed E-state index contributed by atoms with van der Waals surface area (Å²) < 4.78 is 24.7. The van der Waals surface area contributed by atoms with E-state index in [-0.39, 0.29) is 22.0 Å². The Labute approximate surface area is 207 Å². The summed E-state index contributed by atoms with van der Waals surface area (Å²) in [5.74, 6) is -1.64. The number of aliphatic hydroxyl groups is 1. The van der Waals surface area contributed by atoms with Gasteiger partial charge in [0.25, 0.3) is 11.7 Å². The number of aliphatic hydroxyl groups excluding tert-OH is 1. The van der Waals surface area contributed by atoms with Crippen molar-refractivity contribution in [2.75, 3.05) is 18.6 Å². The summed E-state index contributed by atoms with van der Waals surface area (Å²) in [6, 6.07) is 16.2. The quantitative estimate of drug-likeness (QED) is 0.251. The lowest BCUT2D eigenvalue weighted by molar-refractivity contribution is -0.132. The van der Waals surface area contributed by atoms with Crippen molar-refractivity contribution in [3.8, 4) is 11.5 Å². The van der Waals surface area contributed by atoms with E-state index in [2.05, 4.69) is 0 Å². The molecule has 1 N–H and O–H groups in total. The Bertz CT molecular complexity index is 1310. The van der Waals surface area contributed by atoms with Gasteiger partial charge in [-0.05, 0) is 54.4 Å². The highest BCUT2D eigenvalue weighted by atomic mass is 35.5. The predicted molar refractivity (Wildman–Crippen MR) is 131 cm³/mol. The number of nitrogens with zero attached hydrogens (tertiary/aromatic N) is 1. The molecule has 4 rings (SSSR count). The molecule has 1 aliphatic heterocycles. The Morgan fingerprint density at radius 2 is 1.80 bits per heavy atom. The zero-order valence-corrected chi connectivity index (χ0v) is 19.9. The minimum atomic E-state index is -0.984. The lowest BCUT2D eigenvalue weighted by Crippen LogP contribution is -2.29. The molecule has 0 bridgehead atoms. The van der Waals surface area contributed by atoms with Crippen molar-refractivity contribution in [1.29, 1.82) is 0 Å². The summed E-state index contributed by atoms with van der Waals surface area (Å²) in [7, 11) is 1.52. The third-order valence-electron chi connectivity index (χ3n) is 5.64. The van der Waals surface area contributed by atoms with E-state index in [9.17, 15) is 19.1 Å². The first-order valence-corrected chi connectivity index (χ1v) is 11.4. The number of hydrogen-bond donors (Lipinski definition) is 1. The molecule has 0 saturated carbocycles. The van der Waals surface area contributed by atoms with Crippen molar-refractivity contribution in [3.63, 3.8) is 0 Å². The maximum Gasteiger partial charge on any atom is 0.300 e. The SMILES string of the molecule is CCCOc1cccc(/C(O)=C2\C(=O)C(=O)N(c3ccc(F)c(Cl)c3)C2c2ccc(OC)cc2)c1. The molecule has 0 aromatic heterocycles. The number of anilines is 1. The van der Waals surface area contributed by atoms with Crippen LogP contribution in [0.2, 0.25) is 5.02 Å². The highest BCUT2D eigenvalue weighted by Gasteiger charge is 2.47. The largest absolute Gasteiger partial charge is 0.507 e. The summed E-state index contributed by atoms with van der Waals surface area (Å²) in [5, 5.41) is 11.1. The molecule has 0 spiro atoms. The van der Waals surface area contributed by atoms with Gasteiger partial charge >= 0.3 is 0 Å². The van der Waals surface area contributed by atoms with Gasteiger partial charge in [-0.3, -0.25) is 14.5 Å². The van der Waals surface area contributed by atoms with Crippen molar-refractivity contribution in [3.05, 3.63) is 94.3 Å². The van der Waals surface area contributed by atoms with Crippen LogP contribution in [0, 0.1) is 5.82 Å². The fraction of sp³-hybridized carbons (Fsp3) is 0.185. The second-order valence-electron chi connectivity index (χ2n) is 7.92. The van der Waals surface area contributed by atoms with E-state index in [4.69, 9.17) is 21.1 Å². The highest BCUT2D eigenvalue weighted by Crippen LogP contribution is 2.43. The molecule has 0 aliphatic carbocycles. The van der Waals surface area contributed by atoms with Crippen LogP contribution in [0.4, 0.5) is 10.1 Å². The highest BCUT2D eigenvalue weighted by molar-refractivity contribution is 6.51. The van der Waals surface area contributed by atoms with Crippen molar-refractivity contribution < 1.29 is 28.6 Å². The number of halogens is 2. The zero-order valence-electron chi connectivity index (χ0n) is 19.1. The lowest BCUT2D eigenvalue weighted by Gasteiger charge is -2.25. The number of benzene rings is 3. The zero-order chi connectivity index (χ0) is 25.1. The number of carbonyl (C=O) groups excluding carboxylic acids is 2. The van der Waals surface area contributed by atoms with Crippen LogP contribution in [0.1, 0.15) is 30.5 Å². The van der Waals surface area contributed by atoms with Crippen molar-refractivity contribution >= 4 is 34.7 Å². The number of ketones is 1. The van der Waals surface area contributed by atoms with Crippen LogP contribution in [0.15, 0.2) is 72.3 Å². The maximum absolute atomic E-state index is 13.8. The Kier molecular flexibility index (Phi) is 7.07. The van der Waals surface area contributed by atoms with Crippen LogP contribution in [-0.4, -0.2) is 30.5 Å². The molecule has 1 unspecified atom stereocenters. The van der Waals surface area contributed by atoms with Gasteiger partial charge in [0, 0.05) is 11.3 Å². The average Bonchev–Trinajstić information content (AvgIpc) is 3.14. The summed E-state index contributed by atoms with van der Waals surface area (Å²) in [4.78, 5) is 27.7. The molecule has 1 saturated heterocycles. The first kappa shape index (κ1) is 24.3. The Morgan fingerprint density at radius 3 is 2.46 bits per heavy atom. The van der Waals surface area contributed by atoms with E-state index < -0.39 is 23.5 Å². The number of methoxy groups -OCH3 is 1. The Morgan fingerprint density at radius 1 is 1.06 bits per heavy atom. The third-order valence-corrected chi connectivity index (χ3v) is 5.93. The molecule has 1 amide bonds. The molecule has 1 aliphatic rings. The number of carbonyl (C=O) groups is 2.